The summed E-state index contributed by atoms with van der Waals surface area (Å²) in [5, 5.41) is 0. The molecule has 0 heterocycles. The van der Waals surface area contributed by atoms with Gasteiger partial charge in [-0.1, -0.05) is 22.0 Å². The molecule has 0 spiro atoms. The Balaban J connectivity index is 0.00000225. The second-order valence-corrected chi connectivity index (χ2v) is 3.67. The second kappa shape index (κ2) is 5.65. The smallest absolute Gasteiger partial charge is 0.324 e. The van der Waals surface area contributed by atoms with Crippen LogP contribution in [-0.2, 0) is 6.18 Å². The van der Waals surface area contributed by atoms with Gasteiger partial charge in [-0.25, -0.2) is 0 Å². The van der Waals surface area contributed by atoms with Crippen molar-refractivity contribution in [2.24, 2.45) is 5.73 Å². The average molecular weight is 319 g/mol. The van der Waals surface area contributed by atoms with Gasteiger partial charge in [-0.3, -0.25) is 4.79 Å². The van der Waals surface area contributed by atoms with Crippen LogP contribution in [-0.4, -0.2) is 12.3 Å². The van der Waals surface area contributed by atoms with Crippen LogP contribution in [0.3, 0.4) is 0 Å². The van der Waals surface area contributed by atoms with Crippen molar-refractivity contribution in [3.05, 3.63) is 33.8 Å². The average Bonchev–Trinajstić information content (AvgIpc) is 2.14. The highest BCUT2D eigenvalue weighted by atomic mass is 79.9. The lowest BCUT2D eigenvalue weighted by Crippen LogP contribution is -2.14. The molecule has 0 atom stereocenters. The maximum atomic E-state index is 12.3. The Kier molecular flexibility index (Phi) is 5.44. The van der Waals surface area contributed by atoms with E-state index in [-0.39, 0.29) is 29.0 Å². The molecular formula is C9H8BrClF3NO. The Labute approximate surface area is 105 Å². The number of halogens is 5. The zero-order valence-electron chi connectivity index (χ0n) is 7.84. The van der Waals surface area contributed by atoms with E-state index in [1.807, 2.05) is 0 Å². The minimum absolute atomic E-state index is 0. The van der Waals surface area contributed by atoms with Crippen LogP contribution >= 0.6 is 28.3 Å². The molecule has 0 fully saturated rings. The van der Waals surface area contributed by atoms with Crippen molar-refractivity contribution in [3.63, 3.8) is 0 Å². The molecule has 1 rings (SSSR count). The molecule has 1 aromatic carbocycles. The molecule has 0 unspecified atom stereocenters. The minimum Gasteiger partial charge on any atom is -0.324 e. The van der Waals surface area contributed by atoms with Crippen LogP contribution < -0.4 is 5.73 Å². The lowest BCUT2D eigenvalue weighted by molar-refractivity contribution is -0.138. The monoisotopic (exact) mass is 317 g/mol. The molecule has 0 saturated carbocycles. The number of carbonyl (C=O) groups excluding carboxylic acids is 1. The highest BCUT2D eigenvalue weighted by Gasteiger charge is 2.32. The van der Waals surface area contributed by atoms with E-state index in [1.54, 1.807) is 0 Å². The molecule has 0 aliphatic carbocycles. The van der Waals surface area contributed by atoms with Crippen LogP contribution in [0.2, 0.25) is 0 Å². The molecule has 0 bridgehead atoms. The van der Waals surface area contributed by atoms with Crippen molar-refractivity contribution in [2.75, 3.05) is 6.54 Å². The Morgan fingerprint density at radius 3 is 2.31 bits per heavy atom. The summed E-state index contributed by atoms with van der Waals surface area (Å²) in [6.07, 6.45) is -4.43. The van der Waals surface area contributed by atoms with Crippen LogP contribution in [0.4, 0.5) is 13.2 Å². The molecule has 16 heavy (non-hydrogen) atoms. The highest BCUT2D eigenvalue weighted by molar-refractivity contribution is 9.10. The molecule has 0 aromatic heterocycles. The molecule has 1 aromatic rings. The van der Waals surface area contributed by atoms with Gasteiger partial charge in [-0.15, -0.1) is 12.4 Å². The summed E-state index contributed by atoms with van der Waals surface area (Å²) >= 11 is 2.77. The molecule has 90 valence electrons. The van der Waals surface area contributed by atoms with E-state index in [2.05, 4.69) is 15.9 Å². The quantitative estimate of drug-likeness (QED) is 0.852. The topological polar surface area (TPSA) is 43.1 Å². The maximum Gasteiger partial charge on any atom is 0.417 e. The first kappa shape index (κ1) is 15.4. The Morgan fingerprint density at radius 2 is 1.94 bits per heavy atom. The van der Waals surface area contributed by atoms with Crippen molar-refractivity contribution in [3.8, 4) is 0 Å². The molecular weight excluding hydrogens is 310 g/mol. The van der Waals surface area contributed by atoms with Gasteiger partial charge in [0.15, 0.2) is 5.78 Å². The summed E-state index contributed by atoms with van der Waals surface area (Å²) in [5.74, 6) is -0.399. The standard InChI is InChI=1S/C9H7BrF3NO.ClH/c10-7-3-5(8(15)4-14)1-2-6(7)9(11,12)13;/h1-3H,4,14H2;1H. The first-order valence-corrected chi connectivity index (χ1v) is 4.75. The largest absolute Gasteiger partial charge is 0.417 e. The third kappa shape index (κ3) is 3.47. The lowest BCUT2D eigenvalue weighted by Gasteiger charge is -2.09. The lowest BCUT2D eigenvalue weighted by atomic mass is 10.1. The third-order valence-corrected chi connectivity index (χ3v) is 2.44. The van der Waals surface area contributed by atoms with Gasteiger partial charge in [0.05, 0.1) is 12.1 Å². The van der Waals surface area contributed by atoms with Crippen molar-refractivity contribution >= 4 is 34.1 Å². The van der Waals surface area contributed by atoms with Crippen LogP contribution in [0, 0.1) is 0 Å². The van der Waals surface area contributed by atoms with Gasteiger partial charge in [-0.2, -0.15) is 13.2 Å². The number of rotatable bonds is 2. The normalized spacial score (nSPS) is 10.8. The van der Waals surface area contributed by atoms with Gasteiger partial charge in [0.25, 0.3) is 0 Å². The molecule has 2 N–H and O–H groups in total. The van der Waals surface area contributed by atoms with E-state index in [9.17, 15) is 18.0 Å². The zero-order chi connectivity index (χ0) is 11.6. The number of carbonyl (C=O) groups is 1. The van der Waals surface area contributed by atoms with E-state index in [0.717, 1.165) is 18.2 Å². The van der Waals surface area contributed by atoms with E-state index in [0.29, 0.717) is 0 Å². The Bertz CT molecular complexity index is 395. The van der Waals surface area contributed by atoms with E-state index >= 15 is 0 Å². The van der Waals surface area contributed by atoms with Crippen molar-refractivity contribution in [1.29, 1.82) is 0 Å². The molecule has 0 saturated heterocycles. The molecule has 0 radical (unpaired) electrons. The van der Waals surface area contributed by atoms with Gasteiger partial charge in [0, 0.05) is 10.0 Å². The predicted octanol–water partition coefficient (Wildman–Crippen LogP) is 3.03. The number of nitrogens with two attached hydrogens (primary N) is 1. The fourth-order valence-electron chi connectivity index (χ4n) is 1.04. The summed E-state index contributed by atoms with van der Waals surface area (Å²) in [4.78, 5) is 11.1. The molecule has 0 aliphatic heterocycles. The van der Waals surface area contributed by atoms with Gasteiger partial charge in [-0.05, 0) is 12.1 Å². The first-order chi connectivity index (χ1) is 6.86. The molecule has 0 aliphatic rings. The number of benzene rings is 1. The summed E-state index contributed by atoms with van der Waals surface area (Å²) in [7, 11) is 0. The van der Waals surface area contributed by atoms with E-state index in [4.69, 9.17) is 5.73 Å². The van der Waals surface area contributed by atoms with E-state index < -0.39 is 17.5 Å². The summed E-state index contributed by atoms with van der Waals surface area (Å²) in [6, 6.07) is 3.09. The first-order valence-electron chi connectivity index (χ1n) is 3.96. The molecule has 7 heteroatoms. The predicted molar refractivity (Wildman–Crippen MR) is 59.8 cm³/mol. The van der Waals surface area contributed by atoms with Crippen LogP contribution in [0.15, 0.2) is 22.7 Å². The Morgan fingerprint density at radius 1 is 1.38 bits per heavy atom. The zero-order valence-corrected chi connectivity index (χ0v) is 10.2. The van der Waals surface area contributed by atoms with Gasteiger partial charge < -0.3 is 5.73 Å². The number of alkyl halides is 3. The van der Waals surface area contributed by atoms with Crippen LogP contribution in [0.5, 0.6) is 0 Å². The summed E-state index contributed by atoms with van der Waals surface area (Å²) < 4.78 is 36.8. The van der Waals surface area contributed by atoms with Crippen molar-refractivity contribution in [1.82, 2.24) is 0 Å². The van der Waals surface area contributed by atoms with Gasteiger partial charge >= 0.3 is 6.18 Å². The van der Waals surface area contributed by atoms with Gasteiger partial charge in [0.1, 0.15) is 0 Å². The number of hydrogen-bond donors (Lipinski definition) is 1. The summed E-state index contributed by atoms with van der Waals surface area (Å²) in [6.45, 7) is -0.224. The van der Waals surface area contributed by atoms with E-state index in [1.165, 1.54) is 0 Å². The minimum atomic E-state index is -4.43. The van der Waals surface area contributed by atoms with Crippen molar-refractivity contribution < 1.29 is 18.0 Å². The highest BCUT2D eigenvalue weighted by Crippen LogP contribution is 2.35. The molecule has 2 nitrogen and oxygen atoms in total. The number of hydrogen-bond acceptors (Lipinski definition) is 2. The number of ketones is 1. The number of Topliss-reactive ketones (excluding diaryl/α,β-unsaturated/α-hetero) is 1. The SMILES string of the molecule is Cl.NCC(=O)c1ccc(C(F)(F)F)c(Br)c1. The van der Waals surface area contributed by atoms with Crippen molar-refractivity contribution in [2.45, 2.75) is 6.18 Å². The van der Waals surface area contributed by atoms with Crippen LogP contribution in [0.1, 0.15) is 15.9 Å². The third-order valence-electron chi connectivity index (χ3n) is 1.78. The van der Waals surface area contributed by atoms with Crippen LogP contribution in [0.25, 0.3) is 0 Å². The van der Waals surface area contributed by atoms with Gasteiger partial charge in [0.2, 0.25) is 0 Å². The second-order valence-electron chi connectivity index (χ2n) is 2.82. The fourth-order valence-corrected chi connectivity index (χ4v) is 1.64. The fraction of sp³-hybridized carbons (Fsp3) is 0.222. The maximum absolute atomic E-state index is 12.3. The summed E-state index contributed by atoms with van der Waals surface area (Å²) in [5.41, 5.74) is 4.45. The molecule has 0 amide bonds. The Hall–Kier alpha value is -0.590.